The van der Waals surface area contributed by atoms with Gasteiger partial charge in [-0.25, -0.2) is 18.0 Å². The van der Waals surface area contributed by atoms with Crippen LogP contribution in [-0.2, 0) is 6.42 Å². The first-order valence-corrected chi connectivity index (χ1v) is 8.50. The molecule has 1 saturated heterocycles. The molecule has 0 atom stereocenters. The largest absolute Gasteiger partial charge is 0.366 e. The third-order valence-corrected chi connectivity index (χ3v) is 4.42. The highest BCUT2D eigenvalue weighted by molar-refractivity contribution is 5.74. The minimum atomic E-state index is -0.606. The number of anilines is 1. The number of hydrogen-bond donors (Lipinski definition) is 1. The monoisotopic (exact) mass is 363 g/mol. The van der Waals surface area contributed by atoms with Crippen LogP contribution in [0.4, 0.5) is 23.7 Å². The van der Waals surface area contributed by atoms with E-state index in [4.69, 9.17) is 0 Å². The Kier molecular flexibility index (Phi) is 5.65. The minimum absolute atomic E-state index is 0.175. The number of benzene rings is 2. The van der Waals surface area contributed by atoms with E-state index in [0.29, 0.717) is 44.8 Å². The molecule has 1 N–H and O–H groups in total. The predicted molar refractivity (Wildman–Crippen MR) is 93.6 cm³/mol. The quantitative estimate of drug-likeness (QED) is 0.906. The summed E-state index contributed by atoms with van der Waals surface area (Å²) in [5, 5.41) is 2.84. The van der Waals surface area contributed by atoms with E-state index in [1.165, 1.54) is 24.3 Å². The molecular weight excluding hydrogens is 343 g/mol. The van der Waals surface area contributed by atoms with Crippen LogP contribution in [0.2, 0.25) is 0 Å². The summed E-state index contributed by atoms with van der Waals surface area (Å²) >= 11 is 0. The number of carbonyl (C=O) groups excluding carboxylic acids is 1. The molecule has 0 spiro atoms. The molecule has 0 aromatic heterocycles. The lowest BCUT2D eigenvalue weighted by molar-refractivity contribution is 0.194. The lowest BCUT2D eigenvalue weighted by Gasteiger charge is -2.36. The molecule has 2 aromatic carbocycles. The van der Waals surface area contributed by atoms with Gasteiger partial charge < -0.3 is 15.1 Å². The van der Waals surface area contributed by atoms with Crippen LogP contribution < -0.4 is 10.2 Å². The third-order valence-electron chi connectivity index (χ3n) is 4.42. The van der Waals surface area contributed by atoms with E-state index in [0.717, 1.165) is 11.6 Å². The highest BCUT2D eigenvalue weighted by atomic mass is 19.1. The van der Waals surface area contributed by atoms with E-state index in [9.17, 15) is 18.0 Å². The number of rotatable bonds is 4. The van der Waals surface area contributed by atoms with Crippen LogP contribution in [0.5, 0.6) is 0 Å². The molecule has 0 saturated carbocycles. The molecule has 4 nitrogen and oxygen atoms in total. The van der Waals surface area contributed by atoms with Gasteiger partial charge in [-0.2, -0.15) is 0 Å². The van der Waals surface area contributed by atoms with Gasteiger partial charge in [-0.15, -0.1) is 0 Å². The fourth-order valence-corrected chi connectivity index (χ4v) is 2.96. The Bertz CT molecular complexity index is 759. The second-order valence-corrected chi connectivity index (χ2v) is 6.18. The van der Waals surface area contributed by atoms with Crippen molar-refractivity contribution >= 4 is 11.7 Å². The molecule has 138 valence electrons. The smallest absolute Gasteiger partial charge is 0.317 e. The summed E-state index contributed by atoms with van der Waals surface area (Å²) in [5.41, 5.74) is 1.30. The van der Waals surface area contributed by atoms with Crippen molar-refractivity contribution in [3.63, 3.8) is 0 Å². The van der Waals surface area contributed by atoms with Gasteiger partial charge in [0, 0.05) is 38.8 Å². The van der Waals surface area contributed by atoms with Crippen LogP contribution in [0.25, 0.3) is 0 Å². The van der Waals surface area contributed by atoms with Crippen molar-refractivity contribution in [2.75, 3.05) is 37.6 Å². The first kappa shape index (κ1) is 18.1. The molecule has 1 fully saturated rings. The predicted octanol–water partition coefficient (Wildman–Crippen LogP) is 3.18. The molecule has 2 amide bonds. The lowest BCUT2D eigenvalue weighted by Crippen LogP contribution is -2.52. The van der Waals surface area contributed by atoms with Crippen molar-refractivity contribution in [3.05, 3.63) is 65.5 Å². The lowest BCUT2D eigenvalue weighted by atomic mass is 10.1. The summed E-state index contributed by atoms with van der Waals surface area (Å²) in [7, 11) is 0. The zero-order valence-electron chi connectivity index (χ0n) is 14.2. The molecule has 7 heteroatoms. The van der Waals surface area contributed by atoms with Gasteiger partial charge in [-0.1, -0.05) is 12.1 Å². The minimum Gasteiger partial charge on any atom is -0.366 e. The maximum absolute atomic E-state index is 13.8. The van der Waals surface area contributed by atoms with Gasteiger partial charge in [0.1, 0.15) is 17.5 Å². The molecule has 0 aliphatic carbocycles. The Labute approximate surface area is 150 Å². The van der Waals surface area contributed by atoms with Crippen LogP contribution in [-0.4, -0.2) is 43.7 Å². The molecule has 1 aliphatic heterocycles. The zero-order chi connectivity index (χ0) is 18.5. The van der Waals surface area contributed by atoms with Crippen molar-refractivity contribution in [1.29, 1.82) is 0 Å². The SMILES string of the molecule is O=C(NCCc1ccc(F)cc1)N1CCN(c2ccc(F)cc2F)CC1. The molecule has 0 unspecified atom stereocenters. The van der Waals surface area contributed by atoms with Crippen molar-refractivity contribution in [1.82, 2.24) is 10.2 Å². The maximum atomic E-state index is 13.8. The number of nitrogens with one attached hydrogen (secondary N) is 1. The Morgan fingerprint density at radius 3 is 2.23 bits per heavy atom. The summed E-state index contributed by atoms with van der Waals surface area (Å²) in [6.07, 6.45) is 0.618. The first-order valence-electron chi connectivity index (χ1n) is 8.50. The van der Waals surface area contributed by atoms with Crippen LogP contribution in [0.3, 0.4) is 0 Å². The van der Waals surface area contributed by atoms with E-state index in [1.54, 1.807) is 21.9 Å². The van der Waals surface area contributed by atoms with Crippen molar-refractivity contribution < 1.29 is 18.0 Å². The fraction of sp³-hybridized carbons (Fsp3) is 0.316. The van der Waals surface area contributed by atoms with E-state index in [1.807, 2.05) is 0 Å². The molecule has 2 aromatic rings. The Morgan fingerprint density at radius 1 is 0.923 bits per heavy atom. The Balaban J connectivity index is 1.45. The topological polar surface area (TPSA) is 35.6 Å². The number of halogens is 3. The average molecular weight is 363 g/mol. The van der Waals surface area contributed by atoms with Crippen LogP contribution in [0.1, 0.15) is 5.56 Å². The third kappa shape index (κ3) is 4.47. The van der Waals surface area contributed by atoms with Crippen LogP contribution in [0.15, 0.2) is 42.5 Å². The normalized spacial score (nSPS) is 14.4. The highest BCUT2D eigenvalue weighted by Crippen LogP contribution is 2.21. The Hall–Kier alpha value is -2.70. The van der Waals surface area contributed by atoms with E-state index in [-0.39, 0.29) is 11.8 Å². The van der Waals surface area contributed by atoms with Crippen LogP contribution >= 0.6 is 0 Å². The first-order chi connectivity index (χ1) is 12.5. The number of nitrogens with zero attached hydrogens (tertiary/aromatic N) is 2. The number of hydrogen-bond acceptors (Lipinski definition) is 2. The molecule has 1 heterocycles. The van der Waals surface area contributed by atoms with Gasteiger partial charge in [0.05, 0.1) is 5.69 Å². The van der Waals surface area contributed by atoms with Crippen molar-refractivity contribution in [2.24, 2.45) is 0 Å². The van der Waals surface area contributed by atoms with Gasteiger partial charge in [0.2, 0.25) is 0 Å². The van der Waals surface area contributed by atoms with Gasteiger partial charge in [0.25, 0.3) is 0 Å². The fourth-order valence-electron chi connectivity index (χ4n) is 2.96. The highest BCUT2D eigenvalue weighted by Gasteiger charge is 2.22. The van der Waals surface area contributed by atoms with Crippen LogP contribution in [0, 0.1) is 17.5 Å². The molecule has 0 bridgehead atoms. The average Bonchev–Trinajstić information content (AvgIpc) is 2.63. The van der Waals surface area contributed by atoms with Crippen molar-refractivity contribution in [2.45, 2.75) is 6.42 Å². The standard InChI is InChI=1S/C19H20F3N3O/c20-15-3-1-14(2-4-15)7-8-23-19(26)25-11-9-24(10-12-25)18-6-5-16(21)13-17(18)22/h1-6,13H,7-12H2,(H,23,26). The van der Waals surface area contributed by atoms with Gasteiger partial charge in [-0.3, -0.25) is 0 Å². The summed E-state index contributed by atoms with van der Waals surface area (Å²) in [5.74, 6) is -1.49. The molecule has 3 rings (SSSR count). The Morgan fingerprint density at radius 2 is 1.58 bits per heavy atom. The van der Waals surface area contributed by atoms with Gasteiger partial charge in [-0.05, 0) is 36.2 Å². The molecular formula is C19H20F3N3O. The van der Waals surface area contributed by atoms with Gasteiger partial charge >= 0.3 is 6.03 Å². The maximum Gasteiger partial charge on any atom is 0.317 e. The number of amides is 2. The summed E-state index contributed by atoms with van der Waals surface area (Å²) < 4.78 is 39.7. The second-order valence-electron chi connectivity index (χ2n) is 6.18. The molecule has 0 radical (unpaired) electrons. The molecule has 1 aliphatic rings. The van der Waals surface area contributed by atoms with E-state index < -0.39 is 11.6 Å². The summed E-state index contributed by atoms with van der Waals surface area (Å²) in [6.45, 7) is 2.33. The molecule has 26 heavy (non-hydrogen) atoms. The number of carbonyl (C=O) groups is 1. The zero-order valence-corrected chi connectivity index (χ0v) is 14.2. The van der Waals surface area contributed by atoms with E-state index >= 15 is 0 Å². The second kappa shape index (κ2) is 8.12. The number of piperazine rings is 1. The van der Waals surface area contributed by atoms with Gasteiger partial charge in [0.15, 0.2) is 0 Å². The number of urea groups is 1. The van der Waals surface area contributed by atoms with Crippen molar-refractivity contribution in [3.8, 4) is 0 Å². The summed E-state index contributed by atoms with van der Waals surface area (Å²) in [6, 6.07) is 9.51. The summed E-state index contributed by atoms with van der Waals surface area (Å²) in [4.78, 5) is 15.7. The van der Waals surface area contributed by atoms with E-state index in [2.05, 4.69) is 5.32 Å².